The van der Waals surface area contributed by atoms with Crippen molar-refractivity contribution in [3.05, 3.63) is 101 Å². The van der Waals surface area contributed by atoms with E-state index in [2.05, 4.69) is 15.5 Å². The SMILES string of the molecule is CC(=O)NCCCc1nnc(SCC(=O)c2cccc(N3C(=O)c4ccccc4C3=O)c2)n1-c1cccc(C)c1. The zero-order valence-electron chi connectivity index (χ0n) is 22.1. The lowest BCUT2D eigenvalue weighted by atomic mass is 10.1. The molecule has 0 unspecified atom stereocenters. The van der Waals surface area contributed by atoms with E-state index in [1.54, 1.807) is 48.5 Å². The molecule has 0 atom stereocenters. The molecule has 1 N–H and O–H groups in total. The van der Waals surface area contributed by atoms with Crippen LogP contribution in [-0.2, 0) is 11.2 Å². The summed E-state index contributed by atoms with van der Waals surface area (Å²) in [6, 6.07) is 21.2. The lowest BCUT2D eigenvalue weighted by molar-refractivity contribution is -0.118. The van der Waals surface area contributed by atoms with Crippen LogP contribution in [0.3, 0.4) is 0 Å². The first kappa shape index (κ1) is 27.0. The first-order valence-corrected chi connectivity index (χ1v) is 13.8. The van der Waals surface area contributed by atoms with Crippen LogP contribution in [0.1, 0.15) is 55.8 Å². The van der Waals surface area contributed by atoms with Crippen molar-refractivity contribution in [3.8, 4) is 5.69 Å². The minimum Gasteiger partial charge on any atom is -0.356 e. The van der Waals surface area contributed by atoms with Gasteiger partial charge in [0.15, 0.2) is 10.9 Å². The van der Waals surface area contributed by atoms with Gasteiger partial charge in [-0.15, -0.1) is 10.2 Å². The molecule has 9 nitrogen and oxygen atoms in total. The number of aryl methyl sites for hydroxylation is 2. The molecule has 5 rings (SSSR count). The van der Waals surface area contributed by atoms with Gasteiger partial charge < -0.3 is 5.32 Å². The number of carbonyl (C=O) groups is 4. The molecular formula is C30H27N5O4S. The Bertz CT molecular complexity index is 1590. The lowest BCUT2D eigenvalue weighted by Crippen LogP contribution is -2.29. The Morgan fingerprint density at radius 1 is 0.875 bits per heavy atom. The number of hydrogen-bond acceptors (Lipinski definition) is 7. The van der Waals surface area contributed by atoms with Crippen molar-refractivity contribution < 1.29 is 19.2 Å². The highest BCUT2D eigenvalue weighted by Gasteiger charge is 2.36. The maximum absolute atomic E-state index is 13.2. The molecule has 0 radical (unpaired) electrons. The molecule has 3 aromatic carbocycles. The minimum atomic E-state index is -0.406. The van der Waals surface area contributed by atoms with Crippen molar-refractivity contribution in [2.24, 2.45) is 0 Å². The van der Waals surface area contributed by atoms with E-state index in [1.165, 1.54) is 18.7 Å². The third-order valence-electron chi connectivity index (χ3n) is 6.46. The summed E-state index contributed by atoms with van der Waals surface area (Å²) in [6.45, 7) is 4.01. The summed E-state index contributed by atoms with van der Waals surface area (Å²) in [7, 11) is 0. The third kappa shape index (κ3) is 5.57. The van der Waals surface area contributed by atoms with Gasteiger partial charge in [0.25, 0.3) is 11.8 Å². The summed E-state index contributed by atoms with van der Waals surface area (Å²) in [5.74, 6) is -0.245. The van der Waals surface area contributed by atoms with Gasteiger partial charge in [-0.05, 0) is 55.3 Å². The topological polar surface area (TPSA) is 114 Å². The van der Waals surface area contributed by atoms with Crippen molar-refractivity contribution in [3.63, 3.8) is 0 Å². The number of rotatable bonds is 10. The number of carbonyl (C=O) groups excluding carboxylic acids is 4. The molecule has 10 heteroatoms. The van der Waals surface area contributed by atoms with Gasteiger partial charge in [0.05, 0.1) is 22.6 Å². The molecule has 2 heterocycles. The largest absolute Gasteiger partial charge is 0.356 e. The predicted molar refractivity (Wildman–Crippen MR) is 152 cm³/mol. The van der Waals surface area contributed by atoms with Crippen LogP contribution in [-0.4, -0.2) is 50.6 Å². The van der Waals surface area contributed by atoms with Crippen LogP contribution in [0.4, 0.5) is 5.69 Å². The Labute approximate surface area is 235 Å². The first-order chi connectivity index (χ1) is 19.3. The van der Waals surface area contributed by atoms with Crippen LogP contribution in [0, 0.1) is 6.92 Å². The van der Waals surface area contributed by atoms with E-state index in [-0.39, 0.29) is 17.4 Å². The molecule has 40 heavy (non-hydrogen) atoms. The maximum Gasteiger partial charge on any atom is 0.266 e. The summed E-state index contributed by atoms with van der Waals surface area (Å²) < 4.78 is 1.94. The van der Waals surface area contributed by atoms with Gasteiger partial charge in [-0.1, -0.05) is 48.2 Å². The summed E-state index contributed by atoms with van der Waals surface area (Å²) in [5, 5.41) is 12.1. The predicted octanol–water partition coefficient (Wildman–Crippen LogP) is 4.42. The van der Waals surface area contributed by atoms with Gasteiger partial charge in [-0.25, -0.2) is 4.90 Å². The molecule has 4 aromatic rings. The molecule has 1 aliphatic heterocycles. The van der Waals surface area contributed by atoms with Gasteiger partial charge in [0.1, 0.15) is 5.82 Å². The molecule has 0 spiro atoms. The summed E-state index contributed by atoms with van der Waals surface area (Å²) >= 11 is 1.27. The Kier molecular flexibility index (Phi) is 7.88. The van der Waals surface area contributed by atoms with E-state index in [1.807, 2.05) is 35.8 Å². The monoisotopic (exact) mass is 553 g/mol. The van der Waals surface area contributed by atoms with Crippen molar-refractivity contribution in [1.82, 2.24) is 20.1 Å². The zero-order chi connectivity index (χ0) is 28.2. The van der Waals surface area contributed by atoms with Crippen LogP contribution in [0.5, 0.6) is 0 Å². The van der Waals surface area contributed by atoms with Crippen LogP contribution in [0.25, 0.3) is 5.69 Å². The highest BCUT2D eigenvalue weighted by Crippen LogP contribution is 2.30. The highest BCUT2D eigenvalue weighted by molar-refractivity contribution is 7.99. The number of benzene rings is 3. The van der Waals surface area contributed by atoms with E-state index in [9.17, 15) is 19.2 Å². The number of nitrogens with one attached hydrogen (secondary N) is 1. The van der Waals surface area contributed by atoms with Crippen LogP contribution in [0.15, 0.2) is 78.0 Å². The number of Topliss-reactive ketones (excluding diaryl/α,β-unsaturated/α-hetero) is 1. The van der Waals surface area contributed by atoms with Crippen LogP contribution < -0.4 is 10.2 Å². The van der Waals surface area contributed by atoms with Crippen molar-refractivity contribution in [1.29, 1.82) is 0 Å². The Morgan fingerprint density at radius 2 is 1.57 bits per heavy atom. The summed E-state index contributed by atoms with van der Waals surface area (Å²) in [5.41, 5.74) is 3.41. The molecule has 0 fully saturated rings. The highest BCUT2D eigenvalue weighted by atomic mass is 32.2. The molecule has 3 amide bonds. The number of aromatic nitrogens is 3. The van der Waals surface area contributed by atoms with Gasteiger partial charge in [-0.2, -0.15) is 0 Å². The van der Waals surface area contributed by atoms with E-state index in [4.69, 9.17) is 0 Å². The van der Waals surface area contributed by atoms with E-state index in [0.717, 1.165) is 22.0 Å². The quantitative estimate of drug-likeness (QED) is 0.134. The summed E-state index contributed by atoms with van der Waals surface area (Å²) in [6.07, 6.45) is 1.29. The lowest BCUT2D eigenvalue weighted by Gasteiger charge is -2.15. The molecule has 0 aliphatic carbocycles. The fraction of sp³-hybridized carbons (Fsp3) is 0.200. The van der Waals surface area contributed by atoms with Gasteiger partial charge in [0, 0.05) is 31.1 Å². The average Bonchev–Trinajstić information content (AvgIpc) is 3.47. The fourth-order valence-corrected chi connectivity index (χ4v) is 5.41. The number of nitrogens with zero attached hydrogens (tertiary/aromatic N) is 4. The zero-order valence-corrected chi connectivity index (χ0v) is 22.9. The van der Waals surface area contributed by atoms with E-state index in [0.29, 0.717) is 46.9 Å². The molecule has 0 saturated heterocycles. The number of thioether (sulfide) groups is 1. The molecule has 202 valence electrons. The fourth-order valence-electron chi connectivity index (χ4n) is 4.55. The van der Waals surface area contributed by atoms with Gasteiger partial charge >= 0.3 is 0 Å². The molecule has 1 aromatic heterocycles. The van der Waals surface area contributed by atoms with Crippen LogP contribution >= 0.6 is 11.8 Å². The average molecular weight is 554 g/mol. The van der Waals surface area contributed by atoms with Crippen molar-refractivity contribution in [2.75, 3.05) is 17.2 Å². The Hall–Kier alpha value is -4.57. The third-order valence-corrected chi connectivity index (χ3v) is 7.39. The Morgan fingerprint density at radius 3 is 2.27 bits per heavy atom. The van der Waals surface area contributed by atoms with Gasteiger partial charge in [-0.3, -0.25) is 23.7 Å². The number of fused-ring (bicyclic) bond motifs is 1. The number of imide groups is 1. The molecule has 0 bridgehead atoms. The molecular weight excluding hydrogens is 526 g/mol. The second-order valence-electron chi connectivity index (χ2n) is 9.41. The minimum absolute atomic E-state index is 0.0815. The number of ketones is 1. The molecule has 0 saturated carbocycles. The second-order valence-corrected chi connectivity index (χ2v) is 10.4. The summed E-state index contributed by atoms with van der Waals surface area (Å²) in [4.78, 5) is 51.4. The van der Waals surface area contributed by atoms with Crippen LogP contribution in [0.2, 0.25) is 0 Å². The normalized spacial score (nSPS) is 12.5. The van der Waals surface area contributed by atoms with Crippen molar-refractivity contribution in [2.45, 2.75) is 31.8 Å². The second kappa shape index (κ2) is 11.7. The van der Waals surface area contributed by atoms with Crippen molar-refractivity contribution >= 4 is 41.0 Å². The van der Waals surface area contributed by atoms with E-state index >= 15 is 0 Å². The smallest absolute Gasteiger partial charge is 0.266 e. The first-order valence-electron chi connectivity index (χ1n) is 12.8. The van der Waals surface area contributed by atoms with E-state index < -0.39 is 11.8 Å². The molecule has 1 aliphatic rings. The Balaban J connectivity index is 1.34. The maximum atomic E-state index is 13.2. The number of anilines is 1. The number of amides is 3. The standard InChI is InChI=1S/C30H27N5O4S/c1-19-8-5-10-22(16-19)34-27(14-7-15-31-20(2)36)32-33-30(34)40-18-26(37)21-9-6-11-23(17-21)35-28(38)24-12-3-4-13-25(24)29(35)39/h3-6,8-13,16-17H,7,14-15,18H2,1-2H3,(H,31,36). The van der Waals surface area contributed by atoms with Gasteiger partial charge in [0.2, 0.25) is 5.91 Å². The number of hydrogen-bond donors (Lipinski definition) is 1.